The van der Waals surface area contributed by atoms with Crippen molar-refractivity contribution in [2.75, 3.05) is 7.11 Å². The SMILES string of the molecule is COc1c(C(C)N)ccc(Br)c1O. The molecule has 0 saturated heterocycles. The molecule has 4 heteroatoms. The van der Waals surface area contributed by atoms with Gasteiger partial charge in [-0.2, -0.15) is 0 Å². The third-order valence-electron chi connectivity index (χ3n) is 1.81. The van der Waals surface area contributed by atoms with Crippen LogP contribution in [0.3, 0.4) is 0 Å². The first kappa shape index (κ1) is 10.3. The number of nitrogens with two attached hydrogens (primary N) is 1. The minimum absolute atomic E-state index is 0.0947. The summed E-state index contributed by atoms with van der Waals surface area (Å²) in [5, 5.41) is 9.60. The quantitative estimate of drug-likeness (QED) is 0.840. The van der Waals surface area contributed by atoms with E-state index in [0.29, 0.717) is 10.2 Å². The zero-order valence-electron chi connectivity index (χ0n) is 7.54. The highest BCUT2D eigenvalue weighted by Crippen LogP contribution is 2.38. The zero-order valence-corrected chi connectivity index (χ0v) is 9.13. The maximum Gasteiger partial charge on any atom is 0.172 e. The average molecular weight is 246 g/mol. The molecule has 1 unspecified atom stereocenters. The van der Waals surface area contributed by atoms with Crippen molar-refractivity contribution >= 4 is 15.9 Å². The van der Waals surface area contributed by atoms with Crippen molar-refractivity contribution in [3.05, 3.63) is 22.2 Å². The fourth-order valence-corrected chi connectivity index (χ4v) is 1.45. The van der Waals surface area contributed by atoms with E-state index >= 15 is 0 Å². The Hall–Kier alpha value is -0.740. The normalized spacial score (nSPS) is 12.6. The first-order valence-corrected chi connectivity index (χ1v) is 4.68. The molecule has 0 amide bonds. The molecule has 0 aliphatic carbocycles. The van der Waals surface area contributed by atoms with Crippen molar-refractivity contribution in [3.8, 4) is 11.5 Å². The molecule has 0 radical (unpaired) electrons. The molecule has 13 heavy (non-hydrogen) atoms. The Balaban J connectivity index is 3.30. The van der Waals surface area contributed by atoms with E-state index in [9.17, 15) is 5.11 Å². The van der Waals surface area contributed by atoms with Crippen molar-refractivity contribution in [1.29, 1.82) is 0 Å². The van der Waals surface area contributed by atoms with Crippen molar-refractivity contribution in [1.82, 2.24) is 0 Å². The second kappa shape index (κ2) is 3.98. The maximum atomic E-state index is 9.60. The number of halogens is 1. The molecule has 1 rings (SSSR count). The lowest BCUT2D eigenvalue weighted by atomic mass is 10.1. The molecule has 0 fully saturated rings. The maximum absolute atomic E-state index is 9.60. The highest BCUT2D eigenvalue weighted by atomic mass is 79.9. The lowest BCUT2D eigenvalue weighted by molar-refractivity contribution is 0.365. The molecule has 0 aromatic heterocycles. The third kappa shape index (κ3) is 1.95. The van der Waals surface area contributed by atoms with Gasteiger partial charge in [-0.15, -0.1) is 0 Å². The molecule has 1 aromatic carbocycles. The van der Waals surface area contributed by atoms with Gasteiger partial charge in [-0.3, -0.25) is 0 Å². The molecule has 0 bridgehead atoms. The van der Waals surface area contributed by atoms with Crippen molar-refractivity contribution < 1.29 is 9.84 Å². The summed E-state index contributed by atoms with van der Waals surface area (Å²) in [6.07, 6.45) is 0. The molecule has 3 nitrogen and oxygen atoms in total. The molecule has 0 saturated carbocycles. The van der Waals surface area contributed by atoms with Crippen LogP contribution in [-0.2, 0) is 0 Å². The van der Waals surface area contributed by atoms with Crippen LogP contribution >= 0.6 is 15.9 Å². The van der Waals surface area contributed by atoms with Crippen LogP contribution in [-0.4, -0.2) is 12.2 Å². The molecule has 1 aromatic rings. The molecule has 0 heterocycles. The topological polar surface area (TPSA) is 55.5 Å². The predicted molar refractivity (Wildman–Crippen MR) is 55.0 cm³/mol. The molecule has 1 atom stereocenters. The van der Waals surface area contributed by atoms with Gasteiger partial charge in [-0.1, -0.05) is 6.07 Å². The highest BCUT2D eigenvalue weighted by molar-refractivity contribution is 9.10. The third-order valence-corrected chi connectivity index (χ3v) is 2.45. The summed E-state index contributed by atoms with van der Waals surface area (Å²) < 4.78 is 5.66. The fourth-order valence-electron chi connectivity index (χ4n) is 1.14. The monoisotopic (exact) mass is 245 g/mol. The van der Waals surface area contributed by atoms with Crippen LogP contribution in [0.25, 0.3) is 0 Å². The smallest absolute Gasteiger partial charge is 0.172 e. The van der Waals surface area contributed by atoms with Gasteiger partial charge >= 0.3 is 0 Å². The van der Waals surface area contributed by atoms with Gasteiger partial charge in [0, 0.05) is 11.6 Å². The van der Waals surface area contributed by atoms with Crippen LogP contribution in [0.4, 0.5) is 0 Å². The van der Waals surface area contributed by atoms with E-state index in [1.165, 1.54) is 7.11 Å². The van der Waals surface area contributed by atoms with E-state index in [0.717, 1.165) is 5.56 Å². The van der Waals surface area contributed by atoms with Crippen molar-refractivity contribution in [2.24, 2.45) is 5.73 Å². The lowest BCUT2D eigenvalue weighted by Crippen LogP contribution is -2.06. The Labute approximate surface area is 85.6 Å². The van der Waals surface area contributed by atoms with Gasteiger partial charge in [-0.25, -0.2) is 0 Å². The second-order valence-corrected chi connectivity index (χ2v) is 3.66. The predicted octanol–water partition coefficient (Wildman–Crippen LogP) is 2.18. The Bertz CT molecular complexity index is 313. The first-order valence-electron chi connectivity index (χ1n) is 3.89. The highest BCUT2D eigenvalue weighted by Gasteiger charge is 2.13. The van der Waals surface area contributed by atoms with Gasteiger partial charge in [-0.05, 0) is 28.9 Å². The van der Waals surface area contributed by atoms with Crippen LogP contribution < -0.4 is 10.5 Å². The Morgan fingerprint density at radius 1 is 1.54 bits per heavy atom. The summed E-state index contributed by atoms with van der Waals surface area (Å²) in [4.78, 5) is 0. The standard InChI is InChI=1S/C9H12BrNO2/c1-5(11)6-3-4-7(10)8(12)9(6)13-2/h3-5,12H,11H2,1-2H3. The average Bonchev–Trinajstić information content (AvgIpc) is 2.09. The Kier molecular flexibility index (Phi) is 3.17. The largest absolute Gasteiger partial charge is 0.503 e. The number of ether oxygens (including phenoxy) is 1. The molecule has 0 aliphatic heterocycles. The van der Waals surface area contributed by atoms with Crippen LogP contribution in [0.5, 0.6) is 11.5 Å². The molecule has 72 valence electrons. The molecular weight excluding hydrogens is 234 g/mol. The molecule has 0 spiro atoms. The Morgan fingerprint density at radius 2 is 2.15 bits per heavy atom. The number of phenols is 1. The van der Waals surface area contributed by atoms with E-state index in [1.807, 2.05) is 13.0 Å². The minimum atomic E-state index is -0.158. The van der Waals surface area contributed by atoms with Crippen LogP contribution in [0, 0.1) is 0 Å². The number of hydrogen-bond donors (Lipinski definition) is 2. The summed E-state index contributed by atoms with van der Waals surface area (Å²) in [7, 11) is 1.51. The number of benzene rings is 1. The van der Waals surface area contributed by atoms with E-state index in [4.69, 9.17) is 10.5 Å². The van der Waals surface area contributed by atoms with Gasteiger partial charge in [0.2, 0.25) is 0 Å². The summed E-state index contributed by atoms with van der Waals surface area (Å²) in [5.41, 5.74) is 6.50. The van der Waals surface area contributed by atoms with E-state index < -0.39 is 0 Å². The van der Waals surface area contributed by atoms with E-state index in [2.05, 4.69) is 15.9 Å². The number of rotatable bonds is 2. The van der Waals surface area contributed by atoms with Gasteiger partial charge in [0.25, 0.3) is 0 Å². The van der Waals surface area contributed by atoms with Crippen molar-refractivity contribution in [2.45, 2.75) is 13.0 Å². The molecule has 3 N–H and O–H groups in total. The van der Waals surface area contributed by atoms with Crippen molar-refractivity contribution in [3.63, 3.8) is 0 Å². The fraction of sp³-hybridized carbons (Fsp3) is 0.333. The van der Waals surface area contributed by atoms with Crippen LogP contribution in [0.2, 0.25) is 0 Å². The number of aromatic hydroxyl groups is 1. The van der Waals surface area contributed by atoms with Gasteiger partial charge in [0.1, 0.15) is 0 Å². The molecule has 0 aliphatic rings. The van der Waals surface area contributed by atoms with E-state index in [-0.39, 0.29) is 11.8 Å². The number of phenolic OH excluding ortho intramolecular Hbond substituents is 1. The summed E-state index contributed by atoms with van der Waals surface area (Å²) in [6.45, 7) is 1.84. The van der Waals surface area contributed by atoms with Crippen LogP contribution in [0.15, 0.2) is 16.6 Å². The van der Waals surface area contributed by atoms with Crippen LogP contribution in [0.1, 0.15) is 18.5 Å². The second-order valence-electron chi connectivity index (χ2n) is 2.81. The van der Waals surface area contributed by atoms with Gasteiger partial charge in [0.05, 0.1) is 11.6 Å². The minimum Gasteiger partial charge on any atom is -0.503 e. The van der Waals surface area contributed by atoms with Gasteiger partial charge in [0.15, 0.2) is 11.5 Å². The van der Waals surface area contributed by atoms with Gasteiger partial charge < -0.3 is 15.6 Å². The number of hydrogen-bond acceptors (Lipinski definition) is 3. The van der Waals surface area contributed by atoms with E-state index in [1.54, 1.807) is 6.07 Å². The summed E-state index contributed by atoms with van der Waals surface area (Å²) in [5.74, 6) is 0.529. The summed E-state index contributed by atoms with van der Waals surface area (Å²) >= 11 is 3.20. The lowest BCUT2D eigenvalue weighted by Gasteiger charge is -2.13. The molecular formula is C9H12BrNO2. The zero-order chi connectivity index (χ0) is 10.0. The summed E-state index contributed by atoms with van der Waals surface area (Å²) in [6, 6.07) is 3.41. The number of methoxy groups -OCH3 is 1. The first-order chi connectivity index (χ1) is 6.07. The Morgan fingerprint density at radius 3 is 2.62 bits per heavy atom.